The predicted octanol–water partition coefficient (Wildman–Crippen LogP) is 3.42. The lowest BCUT2D eigenvalue weighted by Gasteiger charge is -2.12. The third-order valence-corrected chi connectivity index (χ3v) is 3.28. The van der Waals surface area contributed by atoms with Gasteiger partial charge in [-0.1, -0.05) is 0 Å². The molecule has 2 aromatic rings. The van der Waals surface area contributed by atoms with Crippen molar-refractivity contribution in [3.8, 4) is 11.5 Å². The zero-order valence-corrected chi connectivity index (χ0v) is 13.4. The van der Waals surface area contributed by atoms with E-state index in [1.807, 2.05) is 0 Å². The number of halogens is 2. The van der Waals surface area contributed by atoms with Crippen LogP contribution in [0.1, 0.15) is 6.42 Å². The van der Waals surface area contributed by atoms with E-state index in [1.165, 1.54) is 13.2 Å². The van der Waals surface area contributed by atoms with E-state index in [9.17, 15) is 13.6 Å². The standard InChI is InChI=1S/C17H18F2N2O3/c1-23-12-4-6-15(16(10-12)24-2)20-8-7-17(22)21-14-5-3-11(18)9-13(14)19/h3-6,9-10,20H,7-8H2,1-2H3,(H,21,22). The van der Waals surface area contributed by atoms with E-state index in [0.717, 1.165) is 12.1 Å². The van der Waals surface area contributed by atoms with Crippen molar-refractivity contribution in [2.24, 2.45) is 0 Å². The Morgan fingerprint density at radius 3 is 2.46 bits per heavy atom. The van der Waals surface area contributed by atoms with E-state index in [0.29, 0.717) is 23.7 Å². The first-order valence-corrected chi connectivity index (χ1v) is 7.24. The van der Waals surface area contributed by atoms with Crippen LogP contribution in [0.25, 0.3) is 0 Å². The Hall–Kier alpha value is -2.83. The summed E-state index contributed by atoms with van der Waals surface area (Å²) in [5, 5.41) is 5.46. The lowest BCUT2D eigenvalue weighted by atomic mass is 10.2. The number of amides is 1. The van der Waals surface area contributed by atoms with Crippen LogP contribution in [0.4, 0.5) is 20.2 Å². The summed E-state index contributed by atoms with van der Waals surface area (Å²) in [4.78, 5) is 11.8. The maximum atomic E-state index is 13.5. The zero-order chi connectivity index (χ0) is 17.5. The smallest absolute Gasteiger partial charge is 0.226 e. The third-order valence-electron chi connectivity index (χ3n) is 3.28. The fraction of sp³-hybridized carbons (Fsp3) is 0.235. The molecule has 0 aliphatic rings. The van der Waals surface area contributed by atoms with Gasteiger partial charge in [-0.15, -0.1) is 0 Å². The molecular formula is C17H18F2N2O3. The monoisotopic (exact) mass is 336 g/mol. The molecule has 0 saturated heterocycles. The van der Waals surface area contributed by atoms with Gasteiger partial charge in [-0.25, -0.2) is 8.78 Å². The van der Waals surface area contributed by atoms with Crippen LogP contribution in [0.15, 0.2) is 36.4 Å². The van der Waals surface area contributed by atoms with Crippen molar-refractivity contribution in [3.63, 3.8) is 0 Å². The Labute approximate surface area is 138 Å². The minimum absolute atomic E-state index is 0.0524. The summed E-state index contributed by atoms with van der Waals surface area (Å²) < 4.78 is 36.6. The van der Waals surface area contributed by atoms with Crippen LogP contribution in [0, 0.1) is 11.6 Å². The number of carbonyl (C=O) groups excluding carboxylic acids is 1. The number of nitrogens with one attached hydrogen (secondary N) is 2. The predicted molar refractivity (Wildman–Crippen MR) is 87.6 cm³/mol. The van der Waals surface area contributed by atoms with Gasteiger partial charge in [-0.05, 0) is 24.3 Å². The summed E-state index contributed by atoms with van der Waals surface area (Å²) in [7, 11) is 3.09. The van der Waals surface area contributed by atoms with Crippen LogP contribution in [0.2, 0.25) is 0 Å². The van der Waals surface area contributed by atoms with E-state index in [1.54, 1.807) is 25.3 Å². The summed E-state index contributed by atoms with van der Waals surface area (Å²) in [6, 6.07) is 8.24. The van der Waals surface area contributed by atoms with E-state index in [-0.39, 0.29) is 18.0 Å². The first kappa shape index (κ1) is 17.5. The average Bonchev–Trinajstić information content (AvgIpc) is 2.57. The number of ether oxygens (including phenoxy) is 2. The molecule has 0 aliphatic heterocycles. The highest BCUT2D eigenvalue weighted by Crippen LogP contribution is 2.28. The first-order valence-electron chi connectivity index (χ1n) is 7.24. The van der Waals surface area contributed by atoms with Gasteiger partial charge in [0.25, 0.3) is 0 Å². The second-order valence-corrected chi connectivity index (χ2v) is 4.92. The minimum atomic E-state index is -0.812. The topological polar surface area (TPSA) is 59.6 Å². The lowest BCUT2D eigenvalue weighted by Crippen LogP contribution is -2.17. The molecule has 0 spiro atoms. The van der Waals surface area contributed by atoms with Crippen molar-refractivity contribution < 1.29 is 23.0 Å². The van der Waals surface area contributed by atoms with E-state index < -0.39 is 11.6 Å². The Morgan fingerprint density at radius 2 is 1.79 bits per heavy atom. The molecule has 2 aromatic carbocycles. The molecule has 0 fully saturated rings. The lowest BCUT2D eigenvalue weighted by molar-refractivity contribution is -0.116. The number of rotatable bonds is 7. The Kier molecular flexibility index (Phi) is 5.95. The normalized spacial score (nSPS) is 10.2. The van der Waals surface area contributed by atoms with Crippen LogP contribution in [0.3, 0.4) is 0 Å². The summed E-state index contributed by atoms with van der Waals surface area (Å²) in [6.45, 7) is 0.317. The van der Waals surface area contributed by atoms with Gasteiger partial charge < -0.3 is 20.1 Å². The SMILES string of the molecule is COc1ccc(NCCC(=O)Nc2ccc(F)cc2F)c(OC)c1. The van der Waals surface area contributed by atoms with E-state index >= 15 is 0 Å². The molecule has 2 N–H and O–H groups in total. The van der Waals surface area contributed by atoms with Crippen LogP contribution in [0.5, 0.6) is 11.5 Å². The van der Waals surface area contributed by atoms with Gasteiger partial charge in [0.1, 0.15) is 23.1 Å². The van der Waals surface area contributed by atoms with Crippen LogP contribution >= 0.6 is 0 Å². The van der Waals surface area contributed by atoms with Crippen molar-refractivity contribution >= 4 is 17.3 Å². The largest absolute Gasteiger partial charge is 0.497 e. The molecule has 0 aromatic heterocycles. The van der Waals surface area contributed by atoms with Gasteiger partial charge in [-0.2, -0.15) is 0 Å². The summed E-state index contributed by atoms with van der Waals surface area (Å²) >= 11 is 0. The van der Waals surface area contributed by atoms with Crippen molar-refractivity contribution in [2.45, 2.75) is 6.42 Å². The molecule has 128 valence electrons. The van der Waals surface area contributed by atoms with Gasteiger partial charge in [0.05, 0.1) is 25.6 Å². The molecule has 0 aliphatic carbocycles. The quantitative estimate of drug-likeness (QED) is 0.813. The average molecular weight is 336 g/mol. The molecule has 1 amide bonds. The van der Waals surface area contributed by atoms with E-state index in [4.69, 9.17) is 9.47 Å². The van der Waals surface area contributed by atoms with Crippen LogP contribution in [-0.4, -0.2) is 26.7 Å². The summed E-state index contributed by atoms with van der Waals surface area (Å²) in [5.41, 5.74) is 0.655. The second kappa shape index (κ2) is 8.14. The molecule has 24 heavy (non-hydrogen) atoms. The Balaban J connectivity index is 1.88. The summed E-state index contributed by atoms with van der Waals surface area (Å²) in [6.07, 6.45) is 0.103. The van der Waals surface area contributed by atoms with E-state index in [2.05, 4.69) is 10.6 Å². The number of anilines is 2. The molecular weight excluding hydrogens is 318 g/mol. The van der Waals surface area contributed by atoms with Gasteiger partial charge in [0, 0.05) is 25.1 Å². The Bertz CT molecular complexity index is 723. The minimum Gasteiger partial charge on any atom is -0.497 e. The van der Waals surface area contributed by atoms with Crippen molar-refractivity contribution in [2.75, 3.05) is 31.4 Å². The summed E-state index contributed by atoms with van der Waals surface area (Å²) in [5.74, 6) is -0.659. The molecule has 0 atom stereocenters. The van der Waals surface area contributed by atoms with Gasteiger partial charge in [0.2, 0.25) is 5.91 Å². The van der Waals surface area contributed by atoms with Crippen LogP contribution < -0.4 is 20.1 Å². The van der Waals surface area contributed by atoms with Crippen molar-refractivity contribution in [3.05, 3.63) is 48.0 Å². The number of benzene rings is 2. The van der Waals surface area contributed by atoms with Crippen molar-refractivity contribution in [1.82, 2.24) is 0 Å². The third kappa shape index (κ3) is 4.58. The number of hydrogen-bond donors (Lipinski definition) is 2. The van der Waals surface area contributed by atoms with Crippen molar-refractivity contribution in [1.29, 1.82) is 0 Å². The molecule has 0 saturated carbocycles. The molecule has 0 radical (unpaired) electrons. The van der Waals surface area contributed by atoms with Gasteiger partial charge in [0.15, 0.2) is 0 Å². The highest BCUT2D eigenvalue weighted by Gasteiger charge is 2.09. The molecule has 7 heteroatoms. The Morgan fingerprint density at radius 1 is 1.04 bits per heavy atom. The molecule has 0 unspecified atom stereocenters. The zero-order valence-electron chi connectivity index (χ0n) is 13.4. The maximum Gasteiger partial charge on any atom is 0.226 e. The number of hydrogen-bond acceptors (Lipinski definition) is 4. The first-order chi connectivity index (χ1) is 11.5. The van der Waals surface area contributed by atoms with Gasteiger partial charge >= 0.3 is 0 Å². The fourth-order valence-electron chi connectivity index (χ4n) is 2.06. The fourth-order valence-corrected chi connectivity index (χ4v) is 2.06. The highest BCUT2D eigenvalue weighted by molar-refractivity contribution is 5.91. The maximum absolute atomic E-state index is 13.5. The van der Waals surface area contributed by atoms with Crippen LogP contribution in [-0.2, 0) is 4.79 Å². The number of methoxy groups -OCH3 is 2. The number of carbonyl (C=O) groups is 1. The molecule has 5 nitrogen and oxygen atoms in total. The molecule has 2 rings (SSSR count). The van der Waals surface area contributed by atoms with Gasteiger partial charge in [-0.3, -0.25) is 4.79 Å². The molecule has 0 heterocycles. The molecule has 0 bridgehead atoms. The highest BCUT2D eigenvalue weighted by atomic mass is 19.1. The second-order valence-electron chi connectivity index (χ2n) is 4.92.